The molecule has 0 radical (unpaired) electrons. The normalized spacial score (nSPS) is 14.0. The zero-order valence-electron chi connectivity index (χ0n) is 12.4. The van der Waals surface area contributed by atoms with E-state index in [0.717, 1.165) is 12.0 Å². The van der Waals surface area contributed by atoms with Gasteiger partial charge in [0.2, 0.25) is 0 Å². The Bertz CT molecular complexity index is 548. The van der Waals surface area contributed by atoms with Gasteiger partial charge in [-0.25, -0.2) is 4.39 Å². The van der Waals surface area contributed by atoms with E-state index >= 15 is 0 Å². The van der Waals surface area contributed by atoms with Gasteiger partial charge in [-0.05, 0) is 43.5 Å². The second-order valence-electron chi connectivity index (χ2n) is 5.31. The van der Waals surface area contributed by atoms with E-state index in [1.165, 1.54) is 17.2 Å². The highest BCUT2D eigenvalue weighted by atomic mass is 19.1. The molecule has 0 saturated heterocycles. The van der Waals surface area contributed by atoms with Crippen molar-refractivity contribution in [2.24, 2.45) is 0 Å². The van der Waals surface area contributed by atoms with E-state index in [9.17, 15) is 4.39 Å². The van der Waals surface area contributed by atoms with Crippen LogP contribution in [0.25, 0.3) is 0 Å². The molecule has 2 aromatic rings. The fourth-order valence-corrected chi connectivity index (χ4v) is 2.43. The predicted molar refractivity (Wildman–Crippen MR) is 82.2 cm³/mol. The molecule has 0 heterocycles. The van der Waals surface area contributed by atoms with Gasteiger partial charge in [0.25, 0.3) is 0 Å². The summed E-state index contributed by atoms with van der Waals surface area (Å²) in [6.07, 6.45) is 0.930. The van der Waals surface area contributed by atoms with Gasteiger partial charge in [-0.2, -0.15) is 0 Å². The second kappa shape index (κ2) is 6.67. The minimum absolute atomic E-state index is 0.169. The molecule has 0 amide bonds. The highest BCUT2D eigenvalue weighted by molar-refractivity contribution is 5.25. The van der Waals surface area contributed by atoms with Crippen LogP contribution in [0.4, 0.5) is 4.39 Å². The maximum atomic E-state index is 13.3. The third-order valence-electron chi connectivity index (χ3n) is 3.69. The smallest absolute Gasteiger partial charge is 0.123 e. The topological polar surface area (TPSA) is 12.0 Å². The standard InChI is InChI=1S/C18H22FN/c1-4-18(16-6-5-7-17(19)12-16)20-14(3)15-10-8-13(2)9-11-15/h5-12,14,18,20H,4H2,1-3H3/t14-,18?/m1/s1. The maximum absolute atomic E-state index is 13.3. The number of aryl methyl sites for hydroxylation is 1. The molecule has 106 valence electrons. The Kier molecular flexibility index (Phi) is 4.91. The molecule has 0 aliphatic rings. The number of hydrogen-bond acceptors (Lipinski definition) is 1. The summed E-state index contributed by atoms with van der Waals surface area (Å²) in [5.74, 6) is -0.175. The molecule has 1 nitrogen and oxygen atoms in total. The zero-order chi connectivity index (χ0) is 14.5. The van der Waals surface area contributed by atoms with Crippen LogP contribution in [0.15, 0.2) is 48.5 Å². The van der Waals surface area contributed by atoms with Crippen LogP contribution in [0.2, 0.25) is 0 Å². The van der Waals surface area contributed by atoms with Crippen LogP contribution >= 0.6 is 0 Å². The Labute approximate surface area is 120 Å². The lowest BCUT2D eigenvalue weighted by molar-refractivity contribution is 0.454. The van der Waals surface area contributed by atoms with Crippen molar-refractivity contribution in [3.05, 3.63) is 71.0 Å². The Morgan fingerprint density at radius 2 is 1.75 bits per heavy atom. The van der Waals surface area contributed by atoms with E-state index in [1.54, 1.807) is 12.1 Å². The largest absolute Gasteiger partial charge is 0.303 e. The van der Waals surface area contributed by atoms with Crippen LogP contribution in [-0.4, -0.2) is 0 Å². The summed E-state index contributed by atoms with van der Waals surface area (Å²) >= 11 is 0. The number of benzene rings is 2. The molecule has 2 rings (SSSR count). The first-order valence-electron chi connectivity index (χ1n) is 7.18. The molecule has 0 fully saturated rings. The number of halogens is 1. The highest BCUT2D eigenvalue weighted by Crippen LogP contribution is 2.22. The molecule has 1 N–H and O–H groups in total. The second-order valence-corrected chi connectivity index (χ2v) is 5.31. The molecule has 0 aliphatic carbocycles. The monoisotopic (exact) mass is 271 g/mol. The average Bonchev–Trinajstić information content (AvgIpc) is 2.45. The Morgan fingerprint density at radius 1 is 1.05 bits per heavy atom. The lowest BCUT2D eigenvalue weighted by Gasteiger charge is -2.23. The van der Waals surface area contributed by atoms with Gasteiger partial charge in [0, 0.05) is 12.1 Å². The summed E-state index contributed by atoms with van der Waals surface area (Å²) in [5, 5.41) is 3.58. The van der Waals surface area contributed by atoms with Gasteiger partial charge in [0.15, 0.2) is 0 Å². The van der Waals surface area contributed by atoms with E-state index in [0.29, 0.717) is 0 Å². The van der Waals surface area contributed by atoms with Gasteiger partial charge >= 0.3 is 0 Å². The lowest BCUT2D eigenvalue weighted by atomic mass is 10.0. The maximum Gasteiger partial charge on any atom is 0.123 e. The summed E-state index contributed by atoms with van der Waals surface area (Å²) in [6, 6.07) is 15.8. The van der Waals surface area contributed by atoms with E-state index < -0.39 is 0 Å². The van der Waals surface area contributed by atoms with Crippen LogP contribution in [0.5, 0.6) is 0 Å². The van der Waals surface area contributed by atoms with Crippen molar-refractivity contribution in [3.63, 3.8) is 0 Å². The highest BCUT2D eigenvalue weighted by Gasteiger charge is 2.14. The quantitative estimate of drug-likeness (QED) is 0.812. The first kappa shape index (κ1) is 14.7. The molecule has 0 bridgehead atoms. The SMILES string of the molecule is CCC(N[C@H](C)c1ccc(C)cc1)c1cccc(F)c1. The van der Waals surface area contributed by atoms with Crippen molar-refractivity contribution in [2.75, 3.05) is 0 Å². The molecule has 2 heteroatoms. The van der Waals surface area contributed by atoms with Crippen molar-refractivity contribution in [2.45, 2.75) is 39.3 Å². The summed E-state index contributed by atoms with van der Waals surface area (Å²) in [4.78, 5) is 0. The minimum atomic E-state index is -0.175. The van der Waals surface area contributed by atoms with E-state index in [-0.39, 0.29) is 17.9 Å². The fraction of sp³-hybridized carbons (Fsp3) is 0.333. The Hall–Kier alpha value is -1.67. The summed E-state index contributed by atoms with van der Waals surface area (Å²) < 4.78 is 13.3. The third kappa shape index (κ3) is 3.67. The van der Waals surface area contributed by atoms with Crippen molar-refractivity contribution in [1.29, 1.82) is 0 Å². The number of hydrogen-bond donors (Lipinski definition) is 1. The first-order chi connectivity index (χ1) is 9.60. The molecular weight excluding hydrogens is 249 g/mol. The van der Waals surface area contributed by atoms with E-state index in [2.05, 4.69) is 50.4 Å². The van der Waals surface area contributed by atoms with Gasteiger partial charge < -0.3 is 5.32 Å². The van der Waals surface area contributed by atoms with Crippen LogP contribution in [0.3, 0.4) is 0 Å². The van der Waals surface area contributed by atoms with Gasteiger partial charge in [0.05, 0.1) is 0 Å². The predicted octanol–water partition coefficient (Wildman–Crippen LogP) is 4.94. The van der Waals surface area contributed by atoms with Crippen LogP contribution < -0.4 is 5.32 Å². The molecule has 1 unspecified atom stereocenters. The van der Waals surface area contributed by atoms with Gasteiger partial charge in [0.1, 0.15) is 5.82 Å². The van der Waals surface area contributed by atoms with Crippen molar-refractivity contribution >= 4 is 0 Å². The Morgan fingerprint density at radius 3 is 2.35 bits per heavy atom. The van der Waals surface area contributed by atoms with Crippen LogP contribution in [-0.2, 0) is 0 Å². The molecule has 0 spiro atoms. The van der Waals surface area contributed by atoms with Crippen LogP contribution in [0.1, 0.15) is 49.0 Å². The molecule has 2 aromatic carbocycles. The Balaban J connectivity index is 2.11. The van der Waals surface area contributed by atoms with E-state index in [4.69, 9.17) is 0 Å². The van der Waals surface area contributed by atoms with Gasteiger partial charge in [-0.15, -0.1) is 0 Å². The fourth-order valence-electron chi connectivity index (χ4n) is 2.43. The summed E-state index contributed by atoms with van der Waals surface area (Å²) in [5.41, 5.74) is 3.52. The van der Waals surface area contributed by atoms with Gasteiger partial charge in [-0.1, -0.05) is 48.9 Å². The number of rotatable bonds is 5. The van der Waals surface area contributed by atoms with Crippen LogP contribution in [0, 0.1) is 12.7 Å². The molecule has 2 atom stereocenters. The first-order valence-corrected chi connectivity index (χ1v) is 7.18. The van der Waals surface area contributed by atoms with E-state index in [1.807, 2.05) is 6.07 Å². The molecule has 0 saturated carbocycles. The molecule has 20 heavy (non-hydrogen) atoms. The van der Waals surface area contributed by atoms with Crippen molar-refractivity contribution < 1.29 is 4.39 Å². The van der Waals surface area contributed by atoms with Gasteiger partial charge in [-0.3, -0.25) is 0 Å². The third-order valence-corrected chi connectivity index (χ3v) is 3.69. The summed E-state index contributed by atoms with van der Waals surface area (Å²) in [6.45, 7) is 6.35. The summed E-state index contributed by atoms with van der Waals surface area (Å²) in [7, 11) is 0. The molecular formula is C18H22FN. The zero-order valence-corrected chi connectivity index (χ0v) is 12.4. The average molecular weight is 271 g/mol. The number of nitrogens with one attached hydrogen (secondary N) is 1. The van der Waals surface area contributed by atoms with Crippen molar-refractivity contribution in [3.8, 4) is 0 Å². The minimum Gasteiger partial charge on any atom is -0.303 e. The molecule has 0 aromatic heterocycles. The lowest BCUT2D eigenvalue weighted by Crippen LogP contribution is -2.24. The molecule has 0 aliphatic heterocycles. The van der Waals surface area contributed by atoms with Crippen molar-refractivity contribution in [1.82, 2.24) is 5.32 Å².